The van der Waals surface area contributed by atoms with Gasteiger partial charge in [0.25, 0.3) is 0 Å². The van der Waals surface area contributed by atoms with Gasteiger partial charge in [0.15, 0.2) is 0 Å². The van der Waals surface area contributed by atoms with Crippen molar-refractivity contribution in [2.75, 3.05) is 156 Å². The number of fused-ring (bicyclic) bond motifs is 3. The minimum atomic E-state index is -0.170. The normalized spacial score (nSPS) is 16.5. The first-order chi connectivity index (χ1) is 53.9. The molecule has 588 valence electrons. The lowest BCUT2D eigenvalue weighted by molar-refractivity contribution is -0.128. The highest BCUT2D eigenvalue weighted by Crippen LogP contribution is 2.34. The minimum Gasteiger partial charge on any atom is -0.493 e. The van der Waals surface area contributed by atoms with Crippen LogP contribution in [0.1, 0.15) is 127 Å². The third-order valence-electron chi connectivity index (χ3n) is 21.5. The average Bonchev–Trinajstić information content (AvgIpc) is 1.77. The van der Waals surface area contributed by atoms with Crippen LogP contribution in [0.5, 0.6) is 17.2 Å². The van der Waals surface area contributed by atoms with Gasteiger partial charge in [0.1, 0.15) is 42.6 Å². The van der Waals surface area contributed by atoms with Crippen molar-refractivity contribution >= 4 is 91.0 Å². The van der Waals surface area contributed by atoms with Crippen molar-refractivity contribution in [3.8, 4) is 17.2 Å². The Kier molecular flexibility index (Phi) is 28.4. The highest BCUT2D eigenvalue weighted by molar-refractivity contribution is 5.95. The minimum absolute atomic E-state index is 0.0832. The SMILES string of the molecule is CC(C)c1ccc(NC(=O)NC2CCN(c3ccnc4cc(OCCN5CCCC5=O)ccc34)CC2)cc1.CC(C)c1ccc(NC(=O)NC2CCN(c3ncnc4cc(OCCCN5CCN(C)CC5)ccc34)CC2)cc1.COCCOc1ccc2c(N3CCC(NC(=O)Nc4ccc(C(C)C)cc4)C3)ccnc2c1. The van der Waals surface area contributed by atoms with Crippen LogP contribution in [0.2, 0.25) is 0 Å². The summed E-state index contributed by atoms with van der Waals surface area (Å²) in [6.45, 7) is 27.3. The van der Waals surface area contributed by atoms with Crippen LogP contribution in [0, 0.1) is 0 Å². The van der Waals surface area contributed by atoms with E-state index >= 15 is 0 Å². The molecule has 0 radical (unpaired) electrons. The predicted octanol–water partition coefficient (Wildman–Crippen LogP) is 14.5. The van der Waals surface area contributed by atoms with Crippen molar-refractivity contribution in [2.24, 2.45) is 0 Å². The molecular weight excluding hydrogens is 1400 g/mol. The summed E-state index contributed by atoms with van der Waals surface area (Å²) in [6.07, 6.45) is 12.3. The summed E-state index contributed by atoms with van der Waals surface area (Å²) in [5.41, 5.74) is 11.1. The van der Waals surface area contributed by atoms with Crippen LogP contribution >= 0.6 is 0 Å². The number of amides is 7. The summed E-state index contributed by atoms with van der Waals surface area (Å²) in [5, 5.41) is 21.4. The number of carbonyl (C=O) groups is 4. The van der Waals surface area contributed by atoms with Gasteiger partial charge in [-0.15, -0.1) is 0 Å². The molecule has 5 saturated heterocycles. The summed E-state index contributed by atoms with van der Waals surface area (Å²) in [7, 11) is 3.84. The number of rotatable bonds is 25. The lowest BCUT2D eigenvalue weighted by Gasteiger charge is -2.34. The van der Waals surface area contributed by atoms with Gasteiger partial charge in [-0.25, -0.2) is 24.4 Å². The van der Waals surface area contributed by atoms with Crippen molar-refractivity contribution < 1.29 is 38.1 Å². The second kappa shape index (κ2) is 39.4. The Morgan fingerprint density at radius 1 is 0.450 bits per heavy atom. The Morgan fingerprint density at radius 3 is 1.38 bits per heavy atom. The third kappa shape index (κ3) is 22.8. The Balaban J connectivity index is 0.000000155. The number of nitrogens with zero attached hydrogens (tertiary/aromatic N) is 10. The van der Waals surface area contributed by atoms with E-state index in [4.69, 9.17) is 18.9 Å². The fraction of sp³-hybridized carbons (Fsp3) is 0.448. The van der Waals surface area contributed by atoms with Crippen molar-refractivity contribution in [1.29, 1.82) is 0 Å². The lowest BCUT2D eigenvalue weighted by atomic mass is 10.0. The number of benzene rings is 6. The topological polar surface area (TPSA) is 248 Å². The Labute approximate surface area is 653 Å². The van der Waals surface area contributed by atoms with Gasteiger partial charge >= 0.3 is 18.1 Å². The molecule has 6 aromatic carbocycles. The highest BCUT2D eigenvalue weighted by atomic mass is 16.5. The number of methoxy groups -OCH3 is 1. The molecular formula is C87H112N16O8. The van der Waals surface area contributed by atoms with E-state index in [1.807, 2.05) is 102 Å². The van der Waals surface area contributed by atoms with Gasteiger partial charge in [0.2, 0.25) is 5.91 Å². The molecule has 7 amide bonds. The number of anilines is 6. The Morgan fingerprint density at radius 2 is 0.892 bits per heavy atom. The van der Waals surface area contributed by atoms with E-state index < -0.39 is 0 Å². The molecule has 0 saturated carbocycles. The molecule has 0 bridgehead atoms. The number of carbonyl (C=O) groups excluding carboxylic acids is 4. The fourth-order valence-electron chi connectivity index (χ4n) is 14.8. The number of nitrogens with one attached hydrogen (secondary N) is 6. The molecule has 24 nitrogen and oxygen atoms in total. The van der Waals surface area contributed by atoms with Gasteiger partial charge in [-0.05, 0) is 171 Å². The van der Waals surface area contributed by atoms with E-state index in [1.54, 1.807) is 13.4 Å². The summed E-state index contributed by atoms with van der Waals surface area (Å²) in [6, 6.07) is 46.2. The Hall–Kier alpha value is -10.6. The number of ether oxygens (including phenoxy) is 4. The van der Waals surface area contributed by atoms with E-state index in [9.17, 15) is 19.2 Å². The van der Waals surface area contributed by atoms with Crippen LogP contribution < -0.4 is 60.8 Å². The number of piperidine rings is 2. The van der Waals surface area contributed by atoms with Gasteiger partial charge in [-0.2, -0.15) is 0 Å². The van der Waals surface area contributed by atoms with E-state index in [-0.39, 0.29) is 42.1 Å². The monoisotopic (exact) mass is 1510 g/mol. The fourth-order valence-corrected chi connectivity index (χ4v) is 14.8. The van der Waals surface area contributed by atoms with Crippen molar-refractivity contribution in [2.45, 2.75) is 129 Å². The summed E-state index contributed by atoms with van der Waals surface area (Å²) in [5.74, 6) is 4.96. The van der Waals surface area contributed by atoms with E-state index in [0.717, 1.165) is 208 Å². The van der Waals surface area contributed by atoms with Crippen molar-refractivity contribution in [3.63, 3.8) is 0 Å². The number of likely N-dealkylation sites (N-methyl/N-ethyl adjacent to an activating group) is 1. The average molecular weight is 1510 g/mol. The van der Waals surface area contributed by atoms with Gasteiger partial charge in [-0.1, -0.05) is 77.9 Å². The van der Waals surface area contributed by atoms with Crippen LogP contribution in [0.15, 0.2) is 158 Å². The van der Waals surface area contributed by atoms with Gasteiger partial charge in [-0.3, -0.25) is 14.8 Å². The molecule has 5 aliphatic heterocycles. The molecule has 111 heavy (non-hydrogen) atoms. The van der Waals surface area contributed by atoms with Crippen molar-refractivity contribution in [1.82, 2.24) is 50.6 Å². The number of urea groups is 3. The van der Waals surface area contributed by atoms with Crippen LogP contribution in [-0.4, -0.2) is 202 Å². The summed E-state index contributed by atoms with van der Waals surface area (Å²) < 4.78 is 22.7. The molecule has 5 fully saturated rings. The molecule has 6 N–H and O–H groups in total. The highest BCUT2D eigenvalue weighted by Gasteiger charge is 2.28. The molecule has 0 aliphatic carbocycles. The van der Waals surface area contributed by atoms with Crippen LogP contribution in [-0.2, 0) is 9.53 Å². The maximum absolute atomic E-state index is 12.6. The summed E-state index contributed by atoms with van der Waals surface area (Å²) >= 11 is 0. The molecule has 24 heteroatoms. The first kappa shape index (κ1) is 80.0. The molecule has 5 aliphatic rings. The molecule has 0 spiro atoms. The number of likely N-dealkylation sites (tertiary alicyclic amines) is 1. The van der Waals surface area contributed by atoms with Gasteiger partial charge < -0.3 is 80.2 Å². The zero-order valence-electron chi connectivity index (χ0n) is 65.9. The van der Waals surface area contributed by atoms with Gasteiger partial charge in [0, 0.05) is 185 Å². The smallest absolute Gasteiger partial charge is 0.319 e. The standard InChI is InChI=1S/C31H43N7O2.C30H37N5O3.C26H32N4O3/c1-23(2)24-5-7-25(8-6-24)34-31(39)35-26-11-14-38(15-12-26)30-28-10-9-27(21-29(28)32-22-33-30)40-20-4-13-37-18-16-36(3)17-19-37;1-21(2)22-5-7-23(8-6-22)32-30(37)33-24-12-16-34(17-13-24)28-11-14-31-27-20-25(9-10-26(27)28)38-19-18-35-15-3-4-29(35)36;1-18(2)19-4-6-20(7-5-19)28-26(31)29-21-11-13-30(17-21)25-10-12-27-24-16-22(8-9-23(24)25)33-15-14-32-3/h5-10,21-23,26H,4,11-20H2,1-3H3,(H2,34,35,39);5-11,14,20-21,24H,3-4,12-13,15-19H2,1-2H3,(H2,32,33,37);4-10,12,16,18,21H,11,13-15,17H2,1-3H3,(H2,28,29,31). The molecule has 9 aromatic rings. The van der Waals surface area contributed by atoms with Crippen molar-refractivity contribution in [3.05, 3.63) is 175 Å². The molecule has 8 heterocycles. The number of aromatic nitrogens is 4. The molecule has 1 unspecified atom stereocenters. The first-order valence-corrected chi connectivity index (χ1v) is 39.8. The molecule has 1 atom stereocenters. The van der Waals surface area contributed by atoms with E-state index in [1.165, 1.54) is 16.7 Å². The zero-order valence-corrected chi connectivity index (χ0v) is 65.9. The number of hydrogen-bond donors (Lipinski definition) is 6. The maximum Gasteiger partial charge on any atom is 0.319 e. The number of piperazine rings is 1. The summed E-state index contributed by atoms with van der Waals surface area (Å²) in [4.78, 5) is 81.4. The van der Waals surface area contributed by atoms with Crippen LogP contribution in [0.25, 0.3) is 32.7 Å². The van der Waals surface area contributed by atoms with E-state index in [0.29, 0.717) is 57.1 Å². The molecule has 14 rings (SSSR count). The van der Waals surface area contributed by atoms with Gasteiger partial charge in [0.05, 0.1) is 36.3 Å². The maximum atomic E-state index is 12.6. The number of pyridine rings is 2. The lowest BCUT2D eigenvalue weighted by Crippen LogP contribution is -2.46. The predicted molar refractivity (Wildman–Crippen MR) is 445 cm³/mol. The van der Waals surface area contributed by atoms with Crippen LogP contribution in [0.4, 0.5) is 48.6 Å². The van der Waals surface area contributed by atoms with E-state index in [2.05, 4.69) is 180 Å². The molecule has 3 aromatic heterocycles. The largest absolute Gasteiger partial charge is 0.493 e. The van der Waals surface area contributed by atoms with Crippen LogP contribution in [0.3, 0.4) is 0 Å². The first-order valence-electron chi connectivity index (χ1n) is 39.8. The second-order valence-corrected chi connectivity index (χ2v) is 30.5. The quantitative estimate of drug-likeness (QED) is 0.0291. The zero-order chi connectivity index (χ0) is 77.6. The Bertz CT molecular complexity index is 4510. The number of hydrogen-bond acceptors (Lipinski definition) is 17. The third-order valence-corrected chi connectivity index (χ3v) is 21.5. The second-order valence-electron chi connectivity index (χ2n) is 30.5.